The third-order valence-electron chi connectivity index (χ3n) is 1.14. The van der Waals surface area contributed by atoms with Crippen LogP contribution in [0.5, 0.6) is 0 Å². The van der Waals surface area contributed by atoms with Gasteiger partial charge in [0.2, 0.25) is 0 Å². The molecule has 0 atom stereocenters. The minimum atomic E-state index is -0.639. The third kappa shape index (κ3) is 3.79. The average molecular weight is 180 g/mol. The number of cyclic esters (lactones) is 1. The second kappa shape index (κ2) is 4.80. The summed E-state index contributed by atoms with van der Waals surface area (Å²) in [6, 6.07) is 1.73. The van der Waals surface area contributed by atoms with Crippen LogP contribution in [0.4, 0.5) is 0 Å². The number of carbonyl (C=O) groups excluding carboxylic acids is 1. The molecule has 1 rings (SSSR count). The highest BCUT2D eigenvalue weighted by Crippen LogP contribution is 2.14. The maximum Gasteiger partial charge on any atom is 0.339 e. The summed E-state index contributed by atoms with van der Waals surface area (Å²) in [6.45, 7) is 3.41. The first kappa shape index (κ1) is 11.0. The number of aliphatic imine (C=N–C) groups is 1. The summed E-state index contributed by atoms with van der Waals surface area (Å²) in [5.74, 6) is -0.280. The summed E-state index contributed by atoms with van der Waals surface area (Å²) in [6.07, 6.45) is 5.65. The Morgan fingerprint density at radius 1 is 1.85 bits per heavy atom. The zero-order valence-corrected chi connectivity index (χ0v) is 7.26. The van der Waals surface area contributed by atoms with Gasteiger partial charge in [0.1, 0.15) is 0 Å². The van der Waals surface area contributed by atoms with E-state index in [9.17, 15) is 4.79 Å². The van der Waals surface area contributed by atoms with Gasteiger partial charge in [-0.3, -0.25) is 0 Å². The SMILES string of the molecule is C#CN=[N+]=[N-].CC1(C)N=COC1=O. The van der Waals surface area contributed by atoms with E-state index in [2.05, 4.69) is 26.2 Å². The van der Waals surface area contributed by atoms with Gasteiger partial charge < -0.3 is 4.74 Å². The van der Waals surface area contributed by atoms with Crippen molar-refractivity contribution < 1.29 is 9.53 Å². The number of hydrogen-bond acceptors (Lipinski definition) is 4. The first-order valence-electron chi connectivity index (χ1n) is 3.29. The van der Waals surface area contributed by atoms with Crippen LogP contribution in [0.1, 0.15) is 13.8 Å². The normalized spacial score (nSPS) is 15.9. The van der Waals surface area contributed by atoms with E-state index in [-0.39, 0.29) is 5.97 Å². The minimum absolute atomic E-state index is 0.280. The third-order valence-corrected chi connectivity index (χ3v) is 1.14. The summed E-state index contributed by atoms with van der Waals surface area (Å²) in [4.78, 5) is 16.5. The molecule has 68 valence electrons. The Labute approximate surface area is 75.2 Å². The molecule has 0 bridgehead atoms. The summed E-state index contributed by atoms with van der Waals surface area (Å²) in [7, 11) is 0. The number of hydrogen-bond donors (Lipinski definition) is 0. The molecular weight excluding hydrogens is 172 g/mol. The van der Waals surface area contributed by atoms with Crippen molar-refractivity contribution in [1.82, 2.24) is 0 Å². The van der Waals surface area contributed by atoms with E-state index in [4.69, 9.17) is 5.53 Å². The molecule has 0 unspecified atom stereocenters. The van der Waals surface area contributed by atoms with E-state index in [1.165, 1.54) is 6.40 Å². The Hall–Kier alpha value is -1.99. The summed E-state index contributed by atoms with van der Waals surface area (Å²) in [5.41, 5.74) is 6.74. The molecule has 0 radical (unpaired) electrons. The number of esters is 1. The zero-order valence-electron chi connectivity index (χ0n) is 7.26. The molecule has 0 aromatic carbocycles. The largest absolute Gasteiger partial charge is 0.413 e. The topological polar surface area (TPSA) is 87.4 Å². The van der Waals surface area contributed by atoms with Crippen LogP contribution < -0.4 is 0 Å². The van der Waals surface area contributed by atoms with Crippen LogP contribution in [0.25, 0.3) is 10.4 Å². The lowest BCUT2D eigenvalue weighted by molar-refractivity contribution is -0.137. The lowest BCUT2D eigenvalue weighted by Crippen LogP contribution is -2.24. The molecule has 6 nitrogen and oxygen atoms in total. The number of terminal acetylenes is 1. The number of ether oxygens (including phenoxy) is 1. The molecule has 0 aromatic heterocycles. The Morgan fingerprint density at radius 2 is 2.46 bits per heavy atom. The standard InChI is InChI=1S/C5H7NO2.C2HN3/c1-5(2)4(7)8-3-6-5;1-2-4-5-3/h3H,1-2H3;1H. The minimum Gasteiger partial charge on any atom is -0.413 e. The molecule has 0 N–H and O–H groups in total. The predicted molar refractivity (Wildman–Crippen MR) is 46.6 cm³/mol. The number of carbonyl (C=O) groups is 1. The van der Waals surface area contributed by atoms with Crippen LogP contribution in [-0.2, 0) is 9.53 Å². The van der Waals surface area contributed by atoms with Gasteiger partial charge in [0.15, 0.2) is 11.9 Å². The van der Waals surface area contributed by atoms with Crippen molar-refractivity contribution in [3.05, 3.63) is 10.4 Å². The second-order valence-electron chi connectivity index (χ2n) is 2.52. The van der Waals surface area contributed by atoms with Crippen LogP contribution in [0.2, 0.25) is 0 Å². The quantitative estimate of drug-likeness (QED) is 0.184. The first-order valence-corrected chi connectivity index (χ1v) is 3.29. The Balaban J connectivity index is 0.000000252. The monoisotopic (exact) mass is 180 g/mol. The van der Waals surface area contributed by atoms with E-state index in [0.717, 1.165) is 0 Å². The molecule has 13 heavy (non-hydrogen) atoms. The number of nitrogens with zero attached hydrogens (tertiary/aromatic N) is 4. The van der Waals surface area contributed by atoms with Crippen LogP contribution in [0, 0.1) is 12.5 Å². The Bertz CT molecular complexity index is 307. The smallest absolute Gasteiger partial charge is 0.339 e. The van der Waals surface area contributed by atoms with Gasteiger partial charge in [0, 0.05) is 4.91 Å². The van der Waals surface area contributed by atoms with Gasteiger partial charge >= 0.3 is 5.97 Å². The second-order valence-corrected chi connectivity index (χ2v) is 2.52. The molecule has 0 saturated heterocycles. The van der Waals surface area contributed by atoms with Crippen molar-refractivity contribution in [2.75, 3.05) is 0 Å². The average Bonchev–Trinajstić information content (AvgIpc) is 2.33. The molecule has 0 fully saturated rings. The molecule has 1 aliphatic rings. The van der Waals surface area contributed by atoms with Crippen molar-refractivity contribution in [1.29, 1.82) is 0 Å². The molecule has 0 spiro atoms. The number of rotatable bonds is 0. The maximum atomic E-state index is 10.5. The van der Waals surface area contributed by atoms with E-state index >= 15 is 0 Å². The summed E-state index contributed by atoms with van der Waals surface area (Å²) in [5, 5.41) is 2.68. The highest BCUT2D eigenvalue weighted by molar-refractivity contribution is 5.90. The van der Waals surface area contributed by atoms with Crippen molar-refractivity contribution in [2.45, 2.75) is 19.4 Å². The van der Waals surface area contributed by atoms with Crippen LogP contribution in [-0.4, -0.2) is 17.9 Å². The van der Waals surface area contributed by atoms with Crippen molar-refractivity contribution in [3.8, 4) is 12.5 Å². The van der Waals surface area contributed by atoms with Gasteiger partial charge in [-0.15, -0.1) is 6.42 Å². The van der Waals surface area contributed by atoms with Crippen molar-refractivity contribution in [3.63, 3.8) is 0 Å². The first-order chi connectivity index (χ1) is 6.04. The fourth-order valence-corrected chi connectivity index (χ4v) is 0.429. The van der Waals surface area contributed by atoms with Crippen LogP contribution in [0.3, 0.4) is 0 Å². The van der Waals surface area contributed by atoms with Crippen molar-refractivity contribution >= 4 is 12.4 Å². The molecule has 1 heterocycles. The lowest BCUT2D eigenvalue weighted by atomic mass is 10.1. The summed E-state index contributed by atoms with van der Waals surface area (Å²) >= 11 is 0. The highest BCUT2D eigenvalue weighted by Gasteiger charge is 2.31. The maximum absolute atomic E-state index is 10.5. The Kier molecular flexibility index (Phi) is 4.07. The van der Waals surface area contributed by atoms with Crippen molar-refractivity contribution in [2.24, 2.45) is 10.1 Å². The fraction of sp³-hybridized carbons (Fsp3) is 0.429. The number of azide groups is 1. The van der Waals surface area contributed by atoms with E-state index in [0.29, 0.717) is 0 Å². The van der Waals surface area contributed by atoms with Crippen LogP contribution in [0.15, 0.2) is 10.1 Å². The molecular formula is C7H8N4O2. The highest BCUT2D eigenvalue weighted by atomic mass is 16.5. The van der Waals surface area contributed by atoms with Gasteiger partial charge in [-0.2, -0.15) is 0 Å². The van der Waals surface area contributed by atoms with Gasteiger partial charge in [-0.05, 0) is 30.5 Å². The van der Waals surface area contributed by atoms with Gasteiger partial charge in [0.05, 0.1) is 0 Å². The van der Waals surface area contributed by atoms with Gasteiger partial charge in [-0.25, -0.2) is 9.79 Å². The predicted octanol–water partition coefficient (Wildman–Crippen LogP) is 1.24. The molecule has 1 aliphatic heterocycles. The van der Waals surface area contributed by atoms with Gasteiger partial charge in [-0.1, -0.05) is 0 Å². The summed E-state index contributed by atoms with van der Waals surface area (Å²) < 4.78 is 4.44. The van der Waals surface area contributed by atoms with E-state index in [1.54, 1.807) is 19.9 Å². The lowest BCUT2D eigenvalue weighted by Gasteiger charge is -2.05. The van der Waals surface area contributed by atoms with E-state index < -0.39 is 5.54 Å². The fourth-order valence-electron chi connectivity index (χ4n) is 0.429. The molecule has 6 heteroatoms. The zero-order chi connectivity index (χ0) is 10.3. The van der Waals surface area contributed by atoms with Gasteiger partial charge in [0.25, 0.3) is 0 Å². The molecule has 0 amide bonds. The molecule has 0 saturated carbocycles. The van der Waals surface area contributed by atoms with Crippen LogP contribution >= 0.6 is 0 Å². The Morgan fingerprint density at radius 3 is 2.54 bits per heavy atom. The molecule has 0 aliphatic carbocycles. The molecule has 0 aromatic rings. The van der Waals surface area contributed by atoms with E-state index in [1.807, 2.05) is 0 Å².